The van der Waals surface area contributed by atoms with Gasteiger partial charge in [-0.3, -0.25) is 9.69 Å². The molecule has 4 rings (SSSR count). The Labute approximate surface area is 150 Å². The highest BCUT2D eigenvalue weighted by Gasteiger charge is 2.53. The molecule has 2 atom stereocenters. The molecule has 2 aromatic rings. The van der Waals surface area contributed by atoms with E-state index in [1.807, 2.05) is 55.5 Å². The number of carbonyl (C=O) groups excluding carboxylic acids is 2. The maximum Gasteiger partial charge on any atom is 0.333 e. The number of imide groups is 1. The van der Waals surface area contributed by atoms with Crippen LogP contribution in [0, 0.1) is 6.92 Å². The third kappa shape index (κ3) is 2.57. The number of benzene rings is 2. The number of amides is 3. The first-order chi connectivity index (χ1) is 12.1. The van der Waals surface area contributed by atoms with E-state index < -0.39 is 6.04 Å². The molecular formula is C19H18N2O3S. The van der Waals surface area contributed by atoms with Gasteiger partial charge in [-0.15, -0.1) is 11.8 Å². The van der Waals surface area contributed by atoms with E-state index in [0.29, 0.717) is 11.4 Å². The molecule has 2 aliphatic rings. The van der Waals surface area contributed by atoms with Gasteiger partial charge in [-0.05, 0) is 36.8 Å². The normalized spacial score (nSPS) is 22.5. The van der Waals surface area contributed by atoms with E-state index in [9.17, 15) is 9.59 Å². The quantitative estimate of drug-likeness (QED) is 0.791. The molecule has 2 aromatic carbocycles. The Bertz CT molecular complexity index is 820. The molecule has 2 saturated heterocycles. The summed E-state index contributed by atoms with van der Waals surface area (Å²) in [6.07, 6.45) is 0. The van der Waals surface area contributed by atoms with Gasteiger partial charge in [0.05, 0.1) is 12.8 Å². The fourth-order valence-electron chi connectivity index (χ4n) is 3.25. The summed E-state index contributed by atoms with van der Waals surface area (Å²) in [6, 6.07) is 14.5. The van der Waals surface area contributed by atoms with E-state index in [4.69, 9.17) is 4.74 Å². The zero-order valence-electron chi connectivity index (χ0n) is 14.0. The number of hydrogen-bond acceptors (Lipinski definition) is 4. The van der Waals surface area contributed by atoms with Crippen molar-refractivity contribution < 1.29 is 14.3 Å². The van der Waals surface area contributed by atoms with E-state index in [-0.39, 0.29) is 17.3 Å². The van der Waals surface area contributed by atoms with Crippen LogP contribution in [-0.2, 0) is 4.79 Å². The van der Waals surface area contributed by atoms with Crippen LogP contribution in [0.5, 0.6) is 5.75 Å². The van der Waals surface area contributed by atoms with Crippen molar-refractivity contribution in [3.05, 3.63) is 59.7 Å². The van der Waals surface area contributed by atoms with E-state index >= 15 is 0 Å². The summed E-state index contributed by atoms with van der Waals surface area (Å²) in [4.78, 5) is 28.8. The Morgan fingerprint density at radius 3 is 2.36 bits per heavy atom. The zero-order chi connectivity index (χ0) is 17.6. The molecule has 128 valence electrons. The first-order valence-electron chi connectivity index (χ1n) is 8.08. The monoisotopic (exact) mass is 354 g/mol. The van der Waals surface area contributed by atoms with Gasteiger partial charge >= 0.3 is 6.03 Å². The van der Waals surface area contributed by atoms with E-state index in [2.05, 4.69) is 0 Å². The highest BCUT2D eigenvalue weighted by Crippen LogP contribution is 2.46. The molecule has 0 bridgehead atoms. The molecule has 5 nitrogen and oxygen atoms in total. The zero-order valence-corrected chi connectivity index (χ0v) is 14.8. The number of thioether (sulfide) groups is 1. The number of rotatable bonds is 3. The summed E-state index contributed by atoms with van der Waals surface area (Å²) < 4.78 is 5.19. The number of fused-ring (bicyclic) bond motifs is 1. The lowest BCUT2D eigenvalue weighted by atomic mass is 10.2. The maximum atomic E-state index is 13.0. The lowest BCUT2D eigenvalue weighted by Gasteiger charge is -2.23. The average Bonchev–Trinajstić information content (AvgIpc) is 3.17. The molecule has 0 N–H and O–H groups in total. The molecule has 0 aromatic heterocycles. The second-order valence-corrected chi connectivity index (χ2v) is 7.29. The minimum absolute atomic E-state index is 0.141. The van der Waals surface area contributed by atoms with Gasteiger partial charge in [-0.25, -0.2) is 9.69 Å². The number of nitrogens with zero attached hydrogens (tertiary/aromatic N) is 2. The molecule has 3 amide bonds. The van der Waals surface area contributed by atoms with E-state index in [1.165, 1.54) is 4.90 Å². The highest BCUT2D eigenvalue weighted by atomic mass is 32.2. The number of carbonyl (C=O) groups is 2. The summed E-state index contributed by atoms with van der Waals surface area (Å²) in [7, 11) is 1.62. The molecular weight excluding hydrogens is 336 g/mol. The lowest BCUT2D eigenvalue weighted by Crippen LogP contribution is -2.33. The van der Waals surface area contributed by atoms with Crippen LogP contribution >= 0.6 is 11.8 Å². The van der Waals surface area contributed by atoms with Crippen LogP contribution in [0.1, 0.15) is 16.5 Å². The van der Waals surface area contributed by atoms with Gasteiger partial charge in [0.15, 0.2) is 0 Å². The van der Waals surface area contributed by atoms with Crippen molar-refractivity contribution >= 4 is 29.4 Å². The molecule has 6 heteroatoms. The maximum absolute atomic E-state index is 13.0. The molecule has 0 unspecified atom stereocenters. The molecule has 0 spiro atoms. The Hall–Kier alpha value is -2.47. The molecule has 2 heterocycles. The summed E-state index contributed by atoms with van der Waals surface area (Å²) in [5, 5.41) is -0.150. The largest absolute Gasteiger partial charge is 0.497 e. The van der Waals surface area contributed by atoms with Gasteiger partial charge in [0, 0.05) is 5.75 Å². The van der Waals surface area contributed by atoms with Gasteiger partial charge < -0.3 is 4.74 Å². The van der Waals surface area contributed by atoms with Gasteiger partial charge in [-0.1, -0.05) is 29.8 Å². The van der Waals surface area contributed by atoms with Crippen LogP contribution in [0.15, 0.2) is 48.5 Å². The van der Waals surface area contributed by atoms with Crippen LogP contribution in [0.3, 0.4) is 0 Å². The van der Waals surface area contributed by atoms with Gasteiger partial charge in [0.25, 0.3) is 5.91 Å². The minimum Gasteiger partial charge on any atom is -0.497 e. The van der Waals surface area contributed by atoms with Crippen molar-refractivity contribution in [1.29, 1.82) is 0 Å². The fourth-order valence-corrected chi connectivity index (χ4v) is 4.66. The van der Waals surface area contributed by atoms with E-state index in [1.54, 1.807) is 23.8 Å². The Balaban J connectivity index is 1.65. The third-order valence-corrected chi connectivity index (χ3v) is 5.93. The standard InChI is InChI=1S/C19H18N2O3S/c1-12-3-7-14(8-4-12)20-17(22)16-11-25-18(21(16)19(20)23)13-5-9-15(24-2)10-6-13/h3-10,16,18H,11H2,1-2H3/t16-,18+/m0/s1. The van der Waals surface area contributed by atoms with Crippen LogP contribution < -0.4 is 9.64 Å². The molecule has 2 aliphatic heterocycles. The van der Waals surface area contributed by atoms with Crippen LogP contribution in [-0.4, -0.2) is 35.7 Å². The van der Waals surface area contributed by atoms with Crippen molar-refractivity contribution in [3.8, 4) is 5.75 Å². The number of aryl methyl sites for hydroxylation is 1. The topological polar surface area (TPSA) is 49.9 Å². The van der Waals surface area contributed by atoms with Crippen molar-refractivity contribution in [2.45, 2.75) is 18.3 Å². The molecule has 2 fully saturated rings. The van der Waals surface area contributed by atoms with Gasteiger partial charge in [0.2, 0.25) is 0 Å². The number of methoxy groups -OCH3 is 1. The van der Waals surface area contributed by atoms with Crippen LogP contribution in [0.4, 0.5) is 10.5 Å². The second kappa shape index (κ2) is 6.11. The Kier molecular flexibility index (Phi) is 3.92. The predicted octanol–water partition coefficient (Wildman–Crippen LogP) is 3.59. The molecule has 0 radical (unpaired) electrons. The van der Waals surface area contributed by atoms with Crippen molar-refractivity contribution in [3.63, 3.8) is 0 Å². The Morgan fingerprint density at radius 1 is 1.04 bits per heavy atom. The van der Waals surface area contributed by atoms with Crippen molar-refractivity contribution in [1.82, 2.24) is 4.90 Å². The number of urea groups is 1. The van der Waals surface area contributed by atoms with Crippen LogP contribution in [0.25, 0.3) is 0 Å². The number of hydrogen-bond donors (Lipinski definition) is 0. The lowest BCUT2D eigenvalue weighted by molar-refractivity contribution is -0.119. The average molecular weight is 354 g/mol. The van der Waals surface area contributed by atoms with Crippen molar-refractivity contribution in [2.24, 2.45) is 0 Å². The molecule has 25 heavy (non-hydrogen) atoms. The first kappa shape index (κ1) is 16.0. The van der Waals surface area contributed by atoms with Gasteiger partial charge in [-0.2, -0.15) is 0 Å². The highest BCUT2D eigenvalue weighted by molar-refractivity contribution is 7.99. The first-order valence-corrected chi connectivity index (χ1v) is 9.13. The number of ether oxygens (including phenoxy) is 1. The van der Waals surface area contributed by atoms with Crippen molar-refractivity contribution in [2.75, 3.05) is 17.8 Å². The van der Waals surface area contributed by atoms with E-state index in [0.717, 1.165) is 16.9 Å². The summed E-state index contributed by atoms with van der Waals surface area (Å²) in [5.74, 6) is 1.25. The van der Waals surface area contributed by atoms with Crippen LogP contribution in [0.2, 0.25) is 0 Å². The smallest absolute Gasteiger partial charge is 0.333 e. The third-order valence-electron chi connectivity index (χ3n) is 4.61. The Morgan fingerprint density at radius 2 is 1.72 bits per heavy atom. The second-order valence-electron chi connectivity index (χ2n) is 6.17. The summed E-state index contributed by atoms with van der Waals surface area (Å²) in [6.45, 7) is 1.98. The molecule has 0 aliphatic carbocycles. The molecule has 0 saturated carbocycles. The minimum atomic E-state index is -0.397. The number of anilines is 1. The fraction of sp³-hybridized carbons (Fsp3) is 0.263. The SMILES string of the molecule is COc1ccc([C@H]2SC[C@H]3C(=O)N(c4ccc(C)cc4)C(=O)N23)cc1. The van der Waals surface area contributed by atoms with Gasteiger partial charge in [0.1, 0.15) is 17.2 Å². The predicted molar refractivity (Wildman–Crippen MR) is 97.9 cm³/mol. The summed E-state index contributed by atoms with van der Waals surface area (Å²) in [5.41, 5.74) is 2.73. The summed E-state index contributed by atoms with van der Waals surface area (Å²) >= 11 is 1.62.